The van der Waals surface area contributed by atoms with E-state index >= 15 is 0 Å². The molecule has 0 bridgehead atoms. The van der Waals surface area contributed by atoms with Gasteiger partial charge in [-0.15, -0.1) is 0 Å². The molecule has 1 fully saturated rings. The molecule has 2 aromatic carbocycles. The molecule has 2 amide bonds. The second-order valence-corrected chi connectivity index (χ2v) is 11.6. The van der Waals surface area contributed by atoms with E-state index in [2.05, 4.69) is 22.5 Å². The SMILES string of the molecule is CCN(c1ccc(C(C)(CC(=O)O)CC2=CC=C2)cc1NC(=O)Nc1ccc(C)cc1)C1CCC(C)(O)CC1. The molecule has 4 rings (SSSR count). The fraction of sp³-hybridized carbons (Fsp3) is 0.438. The minimum atomic E-state index is -0.860. The van der Waals surface area contributed by atoms with Crippen molar-refractivity contribution in [2.45, 2.75) is 83.3 Å². The summed E-state index contributed by atoms with van der Waals surface area (Å²) >= 11 is 0. The minimum absolute atomic E-state index is 0.0261. The normalized spacial score (nSPS) is 21.8. The maximum Gasteiger partial charge on any atom is 0.323 e. The van der Waals surface area contributed by atoms with Crippen LogP contribution in [0.2, 0.25) is 0 Å². The van der Waals surface area contributed by atoms with Crippen LogP contribution in [0, 0.1) is 6.92 Å². The highest BCUT2D eigenvalue weighted by Crippen LogP contribution is 2.41. The second kappa shape index (κ2) is 11.7. The highest BCUT2D eigenvalue weighted by atomic mass is 16.4. The summed E-state index contributed by atoms with van der Waals surface area (Å²) in [7, 11) is 0. The van der Waals surface area contributed by atoms with E-state index in [-0.39, 0.29) is 18.5 Å². The Hall–Kier alpha value is -3.58. The minimum Gasteiger partial charge on any atom is -0.481 e. The molecule has 0 heterocycles. The number of urea groups is 1. The van der Waals surface area contributed by atoms with Crippen LogP contribution in [0.3, 0.4) is 0 Å². The zero-order chi connectivity index (χ0) is 28.2. The first-order chi connectivity index (χ1) is 18.5. The second-order valence-electron chi connectivity index (χ2n) is 11.6. The molecule has 2 aliphatic carbocycles. The first-order valence-corrected chi connectivity index (χ1v) is 13.9. The molecule has 2 aromatic rings. The summed E-state index contributed by atoms with van der Waals surface area (Å²) in [6.07, 6.45) is 9.72. The number of nitrogens with zero attached hydrogens (tertiary/aromatic N) is 1. The molecular formula is C32H41N3O4. The summed E-state index contributed by atoms with van der Waals surface area (Å²) in [5, 5.41) is 26.3. The number of nitrogens with one attached hydrogen (secondary N) is 2. The average Bonchev–Trinajstić information content (AvgIpc) is 2.84. The van der Waals surface area contributed by atoms with Gasteiger partial charge in [0.15, 0.2) is 0 Å². The van der Waals surface area contributed by atoms with Crippen LogP contribution in [0.25, 0.3) is 0 Å². The molecule has 0 aromatic heterocycles. The lowest BCUT2D eigenvalue weighted by Gasteiger charge is -2.41. The molecule has 7 heteroatoms. The molecule has 39 heavy (non-hydrogen) atoms. The Labute approximate surface area is 231 Å². The molecule has 4 N–H and O–H groups in total. The number of hydrogen-bond acceptors (Lipinski definition) is 4. The Morgan fingerprint density at radius 1 is 1.10 bits per heavy atom. The number of aryl methyl sites for hydroxylation is 1. The zero-order valence-corrected chi connectivity index (χ0v) is 23.5. The van der Waals surface area contributed by atoms with Crippen molar-refractivity contribution >= 4 is 29.1 Å². The van der Waals surface area contributed by atoms with Gasteiger partial charge in [-0.3, -0.25) is 4.79 Å². The van der Waals surface area contributed by atoms with Crippen molar-refractivity contribution in [1.29, 1.82) is 0 Å². The van der Waals surface area contributed by atoms with E-state index in [1.807, 2.05) is 81.5 Å². The smallest absolute Gasteiger partial charge is 0.323 e. The summed E-state index contributed by atoms with van der Waals surface area (Å²) in [6.45, 7) is 8.70. The standard InChI is InChI=1S/C32H41N3O4/c1-5-35(26-15-17-32(4,39)18-16-26)28-14-11-24(31(3,21-29(36)37)20-23-7-6-8-23)19-27(28)34-30(38)33-25-12-9-22(2)10-13-25/h6-14,19,26,39H,5,15-18,20-21H2,1-4H3,(H,36,37)(H2,33,34,38). The number of carboxylic acids is 1. The van der Waals surface area contributed by atoms with Crippen LogP contribution in [-0.2, 0) is 10.2 Å². The third-order valence-corrected chi connectivity index (χ3v) is 8.13. The molecule has 0 saturated heterocycles. The van der Waals surface area contributed by atoms with Crippen LogP contribution in [0.1, 0.15) is 70.4 Å². The van der Waals surface area contributed by atoms with Crippen LogP contribution >= 0.6 is 0 Å². The third kappa shape index (κ3) is 7.09. The van der Waals surface area contributed by atoms with Gasteiger partial charge in [0.05, 0.1) is 23.4 Å². The summed E-state index contributed by atoms with van der Waals surface area (Å²) in [4.78, 5) is 27.4. The molecular weight excluding hydrogens is 490 g/mol. The highest BCUT2D eigenvalue weighted by Gasteiger charge is 2.34. The number of allylic oxidation sites excluding steroid dienone is 4. The first-order valence-electron chi connectivity index (χ1n) is 13.9. The molecule has 1 atom stereocenters. The fourth-order valence-corrected chi connectivity index (χ4v) is 5.75. The number of rotatable bonds is 10. The fourth-order valence-electron chi connectivity index (χ4n) is 5.75. The first kappa shape index (κ1) is 28.4. The molecule has 0 spiro atoms. The van der Waals surface area contributed by atoms with Gasteiger partial charge >= 0.3 is 12.0 Å². The number of benzene rings is 2. The predicted molar refractivity (Wildman–Crippen MR) is 158 cm³/mol. The van der Waals surface area contributed by atoms with E-state index < -0.39 is 17.0 Å². The summed E-state index contributed by atoms with van der Waals surface area (Å²) in [5.41, 5.74) is 4.02. The van der Waals surface area contributed by atoms with Crippen LogP contribution in [0.5, 0.6) is 0 Å². The molecule has 1 saturated carbocycles. The summed E-state index contributed by atoms with van der Waals surface area (Å²) in [5.74, 6) is -0.860. The van der Waals surface area contributed by atoms with E-state index in [4.69, 9.17) is 0 Å². The molecule has 0 radical (unpaired) electrons. The molecule has 2 aliphatic rings. The van der Waals surface area contributed by atoms with Crippen molar-refractivity contribution in [2.75, 3.05) is 22.1 Å². The average molecular weight is 532 g/mol. The molecule has 7 nitrogen and oxygen atoms in total. The van der Waals surface area contributed by atoms with Crippen LogP contribution in [0.15, 0.2) is 66.3 Å². The number of amides is 2. The molecule has 1 unspecified atom stereocenters. The van der Waals surface area contributed by atoms with Gasteiger partial charge in [-0.1, -0.05) is 48.9 Å². The number of carboxylic acid groups (broad SMARTS) is 1. The summed E-state index contributed by atoms with van der Waals surface area (Å²) < 4.78 is 0. The van der Waals surface area contributed by atoms with Crippen molar-refractivity contribution in [1.82, 2.24) is 0 Å². The van der Waals surface area contributed by atoms with Gasteiger partial charge in [0.2, 0.25) is 0 Å². The van der Waals surface area contributed by atoms with Crippen molar-refractivity contribution in [3.63, 3.8) is 0 Å². The summed E-state index contributed by atoms with van der Waals surface area (Å²) in [6, 6.07) is 13.5. The van der Waals surface area contributed by atoms with Crippen molar-refractivity contribution in [2.24, 2.45) is 0 Å². The van der Waals surface area contributed by atoms with Gasteiger partial charge in [0.25, 0.3) is 0 Å². The number of hydrogen-bond donors (Lipinski definition) is 4. The monoisotopic (exact) mass is 531 g/mol. The molecule has 0 aliphatic heterocycles. The van der Waals surface area contributed by atoms with E-state index in [0.717, 1.165) is 54.6 Å². The number of carbonyl (C=O) groups is 2. The van der Waals surface area contributed by atoms with Crippen LogP contribution in [0.4, 0.5) is 21.9 Å². The van der Waals surface area contributed by atoms with Crippen LogP contribution in [-0.4, -0.2) is 40.4 Å². The predicted octanol–water partition coefficient (Wildman–Crippen LogP) is 6.78. The maximum absolute atomic E-state index is 13.2. The largest absolute Gasteiger partial charge is 0.481 e. The highest BCUT2D eigenvalue weighted by molar-refractivity contribution is 6.02. The lowest BCUT2D eigenvalue weighted by molar-refractivity contribution is -0.138. The van der Waals surface area contributed by atoms with Crippen molar-refractivity contribution < 1.29 is 19.8 Å². The number of anilines is 3. The Balaban J connectivity index is 1.68. The van der Waals surface area contributed by atoms with E-state index in [9.17, 15) is 19.8 Å². The maximum atomic E-state index is 13.2. The Bertz CT molecular complexity index is 1250. The van der Waals surface area contributed by atoms with Gasteiger partial charge in [0.1, 0.15) is 0 Å². The molecule has 208 valence electrons. The van der Waals surface area contributed by atoms with Crippen LogP contribution < -0.4 is 15.5 Å². The van der Waals surface area contributed by atoms with E-state index in [0.29, 0.717) is 17.8 Å². The quantitative estimate of drug-likeness (QED) is 0.271. The number of aliphatic carboxylic acids is 1. The van der Waals surface area contributed by atoms with Gasteiger partial charge < -0.3 is 25.7 Å². The Kier molecular flexibility index (Phi) is 8.50. The lowest BCUT2D eigenvalue weighted by Crippen LogP contribution is -2.43. The van der Waals surface area contributed by atoms with E-state index in [1.165, 1.54) is 0 Å². The Morgan fingerprint density at radius 2 is 1.77 bits per heavy atom. The zero-order valence-electron chi connectivity index (χ0n) is 23.5. The number of carbonyl (C=O) groups excluding carboxylic acids is 1. The van der Waals surface area contributed by atoms with Gasteiger partial charge in [-0.05, 0) is 88.3 Å². The van der Waals surface area contributed by atoms with Gasteiger partial charge in [-0.2, -0.15) is 0 Å². The van der Waals surface area contributed by atoms with Gasteiger partial charge in [-0.25, -0.2) is 4.79 Å². The van der Waals surface area contributed by atoms with Crippen molar-refractivity contribution in [3.05, 3.63) is 77.4 Å². The number of aliphatic hydroxyl groups is 1. The third-order valence-electron chi connectivity index (χ3n) is 8.13. The lowest BCUT2D eigenvalue weighted by atomic mass is 9.73. The van der Waals surface area contributed by atoms with Gasteiger partial charge in [0, 0.05) is 23.7 Å². The van der Waals surface area contributed by atoms with Crippen molar-refractivity contribution in [3.8, 4) is 0 Å². The Morgan fingerprint density at radius 3 is 2.33 bits per heavy atom. The topological polar surface area (TPSA) is 102 Å². The van der Waals surface area contributed by atoms with E-state index in [1.54, 1.807) is 0 Å².